The minimum Gasteiger partial charge on any atom is -0.396 e. The molecule has 0 radical (unpaired) electrons. The molecule has 0 aliphatic rings. The summed E-state index contributed by atoms with van der Waals surface area (Å²) in [6, 6.07) is 0.499. The predicted octanol–water partition coefficient (Wildman–Crippen LogP) is 2.17. The number of imidazole rings is 1. The van der Waals surface area contributed by atoms with Crippen molar-refractivity contribution in [3.8, 4) is 0 Å². The first kappa shape index (κ1) is 11.2. The molecule has 0 saturated carbocycles. The molecule has 1 atom stereocenters. The number of aliphatic hydroxyl groups excluding tert-OH is 1. The van der Waals surface area contributed by atoms with Gasteiger partial charge in [0.25, 0.3) is 0 Å². The van der Waals surface area contributed by atoms with E-state index in [0.29, 0.717) is 12.5 Å². The third kappa shape index (κ3) is 2.84. The molecule has 1 unspecified atom stereocenters. The van der Waals surface area contributed by atoms with Crippen molar-refractivity contribution in [2.45, 2.75) is 45.6 Å². The van der Waals surface area contributed by atoms with Gasteiger partial charge >= 0.3 is 0 Å². The first-order valence-electron chi connectivity index (χ1n) is 5.41. The highest BCUT2D eigenvalue weighted by Gasteiger charge is 2.08. The van der Waals surface area contributed by atoms with Gasteiger partial charge in [0.05, 0.1) is 6.33 Å². The lowest BCUT2D eigenvalue weighted by Gasteiger charge is -2.15. The van der Waals surface area contributed by atoms with Crippen LogP contribution in [0.4, 0.5) is 0 Å². The molecule has 0 aromatic carbocycles. The van der Waals surface area contributed by atoms with Crippen molar-refractivity contribution >= 4 is 0 Å². The molecule has 0 bridgehead atoms. The molecule has 0 fully saturated rings. The van der Waals surface area contributed by atoms with Gasteiger partial charge in [0.2, 0.25) is 0 Å². The highest BCUT2D eigenvalue weighted by molar-refractivity contribution is 5.00. The van der Waals surface area contributed by atoms with E-state index in [0.717, 1.165) is 5.69 Å². The third-order valence-electron chi connectivity index (χ3n) is 2.56. The molecule has 1 heterocycles. The highest BCUT2D eigenvalue weighted by Crippen LogP contribution is 2.16. The van der Waals surface area contributed by atoms with Crippen LogP contribution in [-0.2, 0) is 6.42 Å². The Morgan fingerprint density at radius 3 is 3.00 bits per heavy atom. The van der Waals surface area contributed by atoms with Crippen LogP contribution in [0, 0.1) is 0 Å². The third-order valence-corrected chi connectivity index (χ3v) is 2.56. The smallest absolute Gasteiger partial charge is 0.0950 e. The molecule has 0 spiro atoms. The molecule has 0 aliphatic heterocycles. The van der Waals surface area contributed by atoms with Gasteiger partial charge in [0.15, 0.2) is 0 Å². The van der Waals surface area contributed by atoms with E-state index in [1.807, 2.05) is 12.5 Å². The maximum absolute atomic E-state index is 8.88. The molecule has 0 amide bonds. The summed E-state index contributed by atoms with van der Waals surface area (Å²) in [5.74, 6) is 0. The lowest BCUT2D eigenvalue weighted by Crippen LogP contribution is -2.08. The van der Waals surface area contributed by atoms with Crippen LogP contribution in [0.1, 0.15) is 44.8 Å². The van der Waals surface area contributed by atoms with Crippen LogP contribution in [0.25, 0.3) is 0 Å². The van der Waals surface area contributed by atoms with Crippen molar-refractivity contribution in [1.29, 1.82) is 0 Å². The van der Waals surface area contributed by atoms with Crippen LogP contribution in [0.5, 0.6) is 0 Å². The van der Waals surface area contributed by atoms with Crippen LogP contribution in [0.2, 0.25) is 0 Å². The van der Waals surface area contributed by atoms with E-state index in [4.69, 9.17) is 5.11 Å². The highest BCUT2D eigenvalue weighted by atomic mass is 16.3. The van der Waals surface area contributed by atoms with E-state index in [1.54, 1.807) is 0 Å². The number of nitrogens with zero attached hydrogens (tertiary/aromatic N) is 2. The van der Waals surface area contributed by atoms with Crippen LogP contribution in [0.3, 0.4) is 0 Å². The molecular formula is C11H20N2O. The Hall–Kier alpha value is -0.830. The topological polar surface area (TPSA) is 38.0 Å². The Labute approximate surface area is 85.8 Å². The summed E-state index contributed by atoms with van der Waals surface area (Å²) >= 11 is 0. The number of unbranched alkanes of at least 4 members (excludes halogenated alkanes) is 1. The maximum atomic E-state index is 8.88. The predicted molar refractivity (Wildman–Crippen MR) is 57.3 cm³/mol. The molecule has 0 saturated heterocycles. The number of aromatic nitrogens is 2. The Morgan fingerprint density at radius 1 is 1.57 bits per heavy atom. The molecular weight excluding hydrogens is 176 g/mol. The molecule has 3 nitrogen and oxygen atoms in total. The second kappa shape index (κ2) is 5.81. The van der Waals surface area contributed by atoms with E-state index < -0.39 is 0 Å². The summed E-state index contributed by atoms with van der Waals surface area (Å²) in [7, 11) is 0. The zero-order valence-corrected chi connectivity index (χ0v) is 9.11. The van der Waals surface area contributed by atoms with Crippen molar-refractivity contribution < 1.29 is 5.11 Å². The van der Waals surface area contributed by atoms with Gasteiger partial charge in [0.1, 0.15) is 0 Å². The van der Waals surface area contributed by atoms with E-state index in [1.165, 1.54) is 19.3 Å². The van der Waals surface area contributed by atoms with Gasteiger partial charge in [0, 0.05) is 31.0 Å². The van der Waals surface area contributed by atoms with Crippen molar-refractivity contribution in [1.82, 2.24) is 9.55 Å². The largest absolute Gasteiger partial charge is 0.396 e. The fraction of sp³-hybridized carbons (Fsp3) is 0.727. The minimum absolute atomic E-state index is 0.201. The van der Waals surface area contributed by atoms with Crippen molar-refractivity contribution in [3.05, 3.63) is 18.2 Å². The number of rotatable bonds is 6. The standard InChI is InChI=1S/C11H20N2O/c1-3-4-5-10(2)13-9-12-8-11(13)6-7-14/h8-10,14H,3-7H2,1-2H3. The van der Waals surface area contributed by atoms with Gasteiger partial charge in [-0.3, -0.25) is 0 Å². The van der Waals surface area contributed by atoms with Gasteiger partial charge in [-0.1, -0.05) is 19.8 Å². The molecule has 1 N–H and O–H groups in total. The van der Waals surface area contributed by atoms with E-state index in [2.05, 4.69) is 23.4 Å². The number of hydrogen-bond donors (Lipinski definition) is 1. The summed E-state index contributed by atoms with van der Waals surface area (Å²) < 4.78 is 2.17. The van der Waals surface area contributed by atoms with Crippen molar-refractivity contribution in [2.24, 2.45) is 0 Å². The maximum Gasteiger partial charge on any atom is 0.0950 e. The molecule has 1 aromatic rings. The fourth-order valence-corrected chi connectivity index (χ4v) is 1.68. The summed E-state index contributed by atoms with van der Waals surface area (Å²) in [5, 5.41) is 8.88. The Kier molecular flexibility index (Phi) is 4.66. The zero-order chi connectivity index (χ0) is 10.4. The molecule has 14 heavy (non-hydrogen) atoms. The average molecular weight is 196 g/mol. The lowest BCUT2D eigenvalue weighted by atomic mass is 10.1. The Bertz CT molecular complexity index is 258. The first-order valence-corrected chi connectivity index (χ1v) is 5.41. The molecule has 80 valence electrons. The van der Waals surface area contributed by atoms with Crippen LogP contribution in [0.15, 0.2) is 12.5 Å². The quantitative estimate of drug-likeness (QED) is 0.757. The van der Waals surface area contributed by atoms with Gasteiger partial charge < -0.3 is 9.67 Å². The van der Waals surface area contributed by atoms with Gasteiger partial charge in [-0.2, -0.15) is 0 Å². The van der Waals surface area contributed by atoms with Crippen LogP contribution >= 0.6 is 0 Å². The van der Waals surface area contributed by atoms with Crippen molar-refractivity contribution in [2.75, 3.05) is 6.61 Å². The SMILES string of the molecule is CCCCC(C)n1cncc1CCO. The van der Waals surface area contributed by atoms with Crippen LogP contribution in [-0.4, -0.2) is 21.3 Å². The van der Waals surface area contributed by atoms with E-state index in [9.17, 15) is 0 Å². The molecule has 0 aliphatic carbocycles. The Morgan fingerprint density at radius 2 is 2.36 bits per heavy atom. The zero-order valence-electron chi connectivity index (χ0n) is 9.11. The fourth-order valence-electron chi connectivity index (χ4n) is 1.68. The second-order valence-corrected chi connectivity index (χ2v) is 3.76. The average Bonchev–Trinajstić information content (AvgIpc) is 2.63. The van der Waals surface area contributed by atoms with E-state index >= 15 is 0 Å². The summed E-state index contributed by atoms with van der Waals surface area (Å²) in [6.45, 7) is 4.61. The first-order chi connectivity index (χ1) is 6.79. The monoisotopic (exact) mass is 196 g/mol. The lowest BCUT2D eigenvalue weighted by molar-refractivity contribution is 0.294. The minimum atomic E-state index is 0.201. The van der Waals surface area contributed by atoms with E-state index in [-0.39, 0.29) is 6.61 Å². The normalized spacial score (nSPS) is 13.1. The number of aliphatic hydroxyl groups is 1. The molecule has 1 rings (SSSR count). The second-order valence-electron chi connectivity index (χ2n) is 3.76. The van der Waals surface area contributed by atoms with Crippen molar-refractivity contribution in [3.63, 3.8) is 0 Å². The molecule has 1 aromatic heterocycles. The van der Waals surface area contributed by atoms with Gasteiger partial charge in [-0.05, 0) is 13.3 Å². The Balaban J connectivity index is 2.58. The summed E-state index contributed by atoms with van der Waals surface area (Å²) in [5.41, 5.74) is 1.14. The molecule has 3 heteroatoms. The van der Waals surface area contributed by atoms with Gasteiger partial charge in [-0.25, -0.2) is 4.98 Å². The number of hydrogen-bond acceptors (Lipinski definition) is 2. The summed E-state index contributed by atoms with van der Waals surface area (Å²) in [6.07, 6.45) is 8.08. The van der Waals surface area contributed by atoms with Gasteiger partial charge in [-0.15, -0.1) is 0 Å². The summed E-state index contributed by atoms with van der Waals surface area (Å²) in [4.78, 5) is 4.12. The van der Waals surface area contributed by atoms with Crippen LogP contribution < -0.4 is 0 Å².